The zero-order valence-electron chi connectivity index (χ0n) is 11.3. The summed E-state index contributed by atoms with van der Waals surface area (Å²) in [6, 6.07) is 3.31. The second kappa shape index (κ2) is 6.15. The van der Waals surface area contributed by atoms with E-state index in [1.54, 1.807) is 0 Å². The first-order chi connectivity index (χ1) is 9.88. The van der Waals surface area contributed by atoms with Crippen molar-refractivity contribution in [1.82, 2.24) is 5.32 Å². The van der Waals surface area contributed by atoms with E-state index in [0.717, 1.165) is 12.1 Å². The second-order valence-electron chi connectivity index (χ2n) is 4.57. The van der Waals surface area contributed by atoms with Gasteiger partial charge in [-0.1, -0.05) is 6.07 Å². The first-order valence-corrected chi connectivity index (χ1v) is 6.93. The molecule has 0 heterocycles. The molecule has 0 saturated carbocycles. The summed E-state index contributed by atoms with van der Waals surface area (Å²) >= 11 is 2.94. The SMILES string of the molecule is CNC(c1c(F)ccc(C)c1F)c1c(F)ccc(Br)c1F. The average molecular weight is 362 g/mol. The van der Waals surface area contributed by atoms with Gasteiger partial charge >= 0.3 is 0 Å². The molecule has 1 unspecified atom stereocenters. The average Bonchev–Trinajstić information content (AvgIpc) is 2.45. The van der Waals surface area contributed by atoms with Crippen LogP contribution in [0.2, 0.25) is 0 Å². The Hall–Kier alpha value is -1.40. The number of benzene rings is 2. The maximum atomic E-state index is 14.2. The van der Waals surface area contributed by atoms with Gasteiger partial charge in [-0.3, -0.25) is 0 Å². The van der Waals surface area contributed by atoms with Gasteiger partial charge in [0.05, 0.1) is 10.5 Å². The van der Waals surface area contributed by atoms with Gasteiger partial charge in [0.15, 0.2) is 0 Å². The summed E-state index contributed by atoms with van der Waals surface area (Å²) in [6.45, 7) is 1.46. The Morgan fingerprint density at radius 1 is 0.905 bits per heavy atom. The Balaban J connectivity index is 2.72. The highest BCUT2D eigenvalue weighted by molar-refractivity contribution is 9.10. The van der Waals surface area contributed by atoms with Gasteiger partial charge in [-0.15, -0.1) is 0 Å². The van der Waals surface area contributed by atoms with Crippen molar-refractivity contribution >= 4 is 15.9 Å². The number of rotatable bonds is 3. The molecule has 0 amide bonds. The number of hydrogen-bond acceptors (Lipinski definition) is 1. The summed E-state index contributed by atoms with van der Waals surface area (Å²) in [5.74, 6) is -3.46. The van der Waals surface area contributed by atoms with Crippen molar-refractivity contribution in [2.24, 2.45) is 0 Å². The quantitative estimate of drug-likeness (QED) is 0.621. The Kier molecular flexibility index (Phi) is 4.68. The van der Waals surface area contributed by atoms with Crippen molar-refractivity contribution in [3.8, 4) is 0 Å². The molecule has 2 rings (SSSR count). The predicted octanol–water partition coefficient (Wildman–Crippen LogP) is 4.62. The zero-order valence-corrected chi connectivity index (χ0v) is 12.9. The summed E-state index contributed by atoms with van der Waals surface area (Å²) in [5.41, 5.74) is -0.647. The van der Waals surface area contributed by atoms with Crippen LogP contribution in [0.1, 0.15) is 22.7 Å². The van der Waals surface area contributed by atoms with E-state index in [1.165, 1.54) is 26.1 Å². The lowest BCUT2D eigenvalue weighted by Gasteiger charge is -2.21. The van der Waals surface area contributed by atoms with E-state index in [0.29, 0.717) is 0 Å². The first kappa shape index (κ1) is 16.0. The molecule has 0 saturated heterocycles. The van der Waals surface area contributed by atoms with E-state index in [2.05, 4.69) is 21.2 Å². The fourth-order valence-electron chi connectivity index (χ4n) is 2.18. The van der Waals surface area contributed by atoms with Crippen LogP contribution in [0.5, 0.6) is 0 Å². The van der Waals surface area contributed by atoms with E-state index in [1.807, 2.05) is 0 Å². The molecule has 0 aliphatic rings. The predicted molar refractivity (Wildman–Crippen MR) is 76.1 cm³/mol. The molecule has 6 heteroatoms. The van der Waals surface area contributed by atoms with Gasteiger partial charge in [-0.05, 0) is 53.7 Å². The van der Waals surface area contributed by atoms with Crippen LogP contribution in [-0.4, -0.2) is 7.05 Å². The third kappa shape index (κ3) is 2.82. The van der Waals surface area contributed by atoms with Crippen molar-refractivity contribution in [3.05, 3.63) is 68.7 Å². The fourth-order valence-corrected chi connectivity index (χ4v) is 2.53. The number of halogens is 5. The maximum Gasteiger partial charge on any atom is 0.145 e. The molecule has 0 spiro atoms. The third-order valence-electron chi connectivity index (χ3n) is 3.27. The van der Waals surface area contributed by atoms with Gasteiger partial charge in [-0.2, -0.15) is 0 Å². The Labute approximate surface area is 128 Å². The molecule has 1 nitrogen and oxygen atoms in total. The largest absolute Gasteiger partial charge is 0.309 e. The van der Waals surface area contributed by atoms with Gasteiger partial charge in [0.25, 0.3) is 0 Å². The molecule has 0 radical (unpaired) electrons. The summed E-state index contributed by atoms with van der Waals surface area (Å²) in [6.07, 6.45) is 0. The van der Waals surface area contributed by atoms with Crippen LogP contribution in [0.25, 0.3) is 0 Å². The second-order valence-corrected chi connectivity index (χ2v) is 5.42. The molecule has 0 fully saturated rings. The van der Waals surface area contributed by atoms with Gasteiger partial charge in [0, 0.05) is 11.1 Å². The minimum absolute atomic E-state index is 0.0209. The van der Waals surface area contributed by atoms with Crippen molar-refractivity contribution in [2.45, 2.75) is 13.0 Å². The van der Waals surface area contributed by atoms with Crippen LogP contribution in [0.3, 0.4) is 0 Å². The number of aryl methyl sites for hydroxylation is 1. The first-order valence-electron chi connectivity index (χ1n) is 6.13. The summed E-state index contributed by atoms with van der Waals surface area (Å²) in [4.78, 5) is 0. The minimum atomic E-state index is -1.28. The van der Waals surface area contributed by atoms with Crippen LogP contribution < -0.4 is 5.32 Å². The maximum absolute atomic E-state index is 14.2. The van der Waals surface area contributed by atoms with E-state index in [9.17, 15) is 17.6 Å². The van der Waals surface area contributed by atoms with E-state index in [-0.39, 0.29) is 10.0 Å². The number of hydrogen-bond donors (Lipinski definition) is 1. The zero-order chi connectivity index (χ0) is 15.7. The summed E-state index contributed by atoms with van der Waals surface area (Å²) < 4.78 is 56.4. The van der Waals surface area contributed by atoms with Crippen molar-refractivity contribution in [1.29, 1.82) is 0 Å². The molecule has 0 aliphatic heterocycles. The highest BCUT2D eigenvalue weighted by Crippen LogP contribution is 2.33. The van der Waals surface area contributed by atoms with Crippen LogP contribution >= 0.6 is 15.9 Å². The molecule has 1 atom stereocenters. The topological polar surface area (TPSA) is 12.0 Å². The molecule has 0 aliphatic carbocycles. The Morgan fingerprint density at radius 3 is 2.00 bits per heavy atom. The highest BCUT2D eigenvalue weighted by atomic mass is 79.9. The van der Waals surface area contributed by atoms with Gasteiger partial charge in [0.1, 0.15) is 23.3 Å². The lowest BCUT2D eigenvalue weighted by Crippen LogP contribution is -2.23. The van der Waals surface area contributed by atoms with Crippen molar-refractivity contribution in [3.63, 3.8) is 0 Å². The smallest absolute Gasteiger partial charge is 0.145 e. The number of nitrogens with one attached hydrogen (secondary N) is 1. The van der Waals surface area contributed by atoms with Crippen LogP contribution in [-0.2, 0) is 0 Å². The molecule has 2 aromatic rings. The molecule has 0 aromatic heterocycles. The standard InChI is InChI=1S/C15H12BrF4N/c1-7-3-5-9(17)11(13(7)19)15(21-2)12-10(18)6-4-8(16)14(12)20/h3-6,15,21H,1-2H3. The Morgan fingerprint density at radius 2 is 1.43 bits per heavy atom. The Bertz CT molecular complexity index is 630. The van der Waals surface area contributed by atoms with E-state index >= 15 is 0 Å². The van der Waals surface area contributed by atoms with E-state index in [4.69, 9.17) is 0 Å². The molecular formula is C15H12BrF4N. The van der Waals surface area contributed by atoms with Gasteiger partial charge < -0.3 is 5.32 Å². The molecular weight excluding hydrogens is 350 g/mol. The minimum Gasteiger partial charge on any atom is -0.309 e. The van der Waals surface area contributed by atoms with Crippen LogP contribution in [0, 0.1) is 30.2 Å². The van der Waals surface area contributed by atoms with Crippen LogP contribution in [0.4, 0.5) is 17.6 Å². The lowest BCUT2D eigenvalue weighted by molar-refractivity contribution is 0.481. The van der Waals surface area contributed by atoms with Crippen LogP contribution in [0.15, 0.2) is 28.7 Å². The van der Waals surface area contributed by atoms with Gasteiger partial charge in [0.2, 0.25) is 0 Å². The molecule has 0 bridgehead atoms. The highest BCUT2D eigenvalue weighted by Gasteiger charge is 2.28. The third-order valence-corrected chi connectivity index (χ3v) is 3.88. The fraction of sp³-hybridized carbons (Fsp3) is 0.200. The summed E-state index contributed by atoms with van der Waals surface area (Å²) in [7, 11) is 1.38. The molecule has 1 N–H and O–H groups in total. The monoisotopic (exact) mass is 361 g/mol. The van der Waals surface area contributed by atoms with Crippen molar-refractivity contribution < 1.29 is 17.6 Å². The lowest BCUT2D eigenvalue weighted by atomic mass is 9.95. The summed E-state index contributed by atoms with van der Waals surface area (Å²) in [5, 5.41) is 2.57. The normalized spacial score (nSPS) is 12.5. The van der Waals surface area contributed by atoms with E-state index < -0.39 is 40.4 Å². The van der Waals surface area contributed by atoms with Crippen molar-refractivity contribution in [2.75, 3.05) is 7.05 Å². The van der Waals surface area contributed by atoms with Gasteiger partial charge in [-0.25, -0.2) is 17.6 Å². The molecule has 2 aromatic carbocycles. The molecule has 21 heavy (non-hydrogen) atoms. The molecule has 112 valence electrons.